The number of rotatable bonds is 8. The normalized spacial score (nSPS) is 20.5. The number of hydrogen-bond donors (Lipinski definition) is 3. The van der Waals surface area contributed by atoms with Crippen molar-refractivity contribution in [3.8, 4) is 0 Å². The third-order valence-corrected chi connectivity index (χ3v) is 4.74. The van der Waals surface area contributed by atoms with Crippen LogP contribution in [0.25, 0.3) is 0 Å². The van der Waals surface area contributed by atoms with Gasteiger partial charge in [-0.2, -0.15) is 0 Å². The molecule has 2 amide bonds. The largest absolute Gasteiger partial charge is 0.394 e. The molecule has 1 aromatic heterocycles. The number of nitrogens with one attached hydrogen (secondary N) is 2. The van der Waals surface area contributed by atoms with E-state index in [0.29, 0.717) is 18.5 Å². The molecule has 8 heteroatoms. The fourth-order valence-corrected chi connectivity index (χ4v) is 3.12. The molecular weight excluding hydrogens is 389 g/mol. The zero-order chi connectivity index (χ0) is 21.3. The molecule has 7 nitrogen and oxygen atoms in total. The standard InChI is InChI=1S/C22H24FN3O4/c23-17-3-1-16(2-4-17)22(29)26-19-6-5-18(30-20(19)14-27)13-21(28)25-12-9-15-7-10-24-11-8-15/h1-8,10-11,18-20,27H,9,12-14H2,(H,25,28)(H,26,29)/t18-,19+,20-/m1/s1. The molecule has 3 atom stereocenters. The van der Waals surface area contributed by atoms with Crippen LogP contribution in [-0.2, 0) is 16.0 Å². The maximum Gasteiger partial charge on any atom is 0.251 e. The van der Waals surface area contributed by atoms with Gasteiger partial charge in [-0.15, -0.1) is 0 Å². The molecule has 0 saturated carbocycles. The molecule has 1 aliphatic heterocycles. The number of nitrogens with zero attached hydrogens (tertiary/aromatic N) is 1. The van der Waals surface area contributed by atoms with E-state index < -0.39 is 30.0 Å². The lowest BCUT2D eigenvalue weighted by atomic mass is 10.0. The second-order valence-electron chi connectivity index (χ2n) is 6.95. The topological polar surface area (TPSA) is 101 Å². The highest BCUT2D eigenvalue weighted by Gasteiger charge is 2.29. The lowest BCUT2D eigenvalue weighted by Gasteiger charge is -2.31. The maximum absolute atomic E-state index is 13.0. The molecule has 3 rings (SSSR count). The van der Waals surface area contributed by atoms with E-state index in [0.717, 1.165) is 5.56 Å². The zero-order valence-electron chi connectivity index (χ0n) is 16.3. The van der Waals surface area contributed by atoms with Crippen LogP contribution in [0.1, 0.15) is 22.3 Å². The number of amides is 2. The van der Waals surface area contributed by atoms with Gasteiger partial charge in [-0.1, -0.05) is 12.2 Å². The van der Waals surface area contributed by atoms with E-state index in [9.17, 15) is 19.1 Å². The van der Waals surface area contributed by atoms with Gasteiger partial charge in [0.2, 0.25) is 5.91 Å². The van der Waals surface area contributed by atoms with Gasteiger partial charge in [0.1, 0.15) is 11.9 Å². The predicted molar refractivity (Wildman–Crippen MR) is 108 cm³/mol. The van der Waals surface area contributed by atoms with Gasteiger partial charge in [0.25, 0.3) is 5.91 Å². The molecule has 3 N–H and O–H groups in total. The van der Waals surface area contributed by atoms with Crippen LogP contribution in [0.3, 0.4) is 0 Å². The fourth-order valence-electron chi connectivity index (χ4n) is 3.12. The number of aliphatic hydroxyl groups excluding tert-OH is 1. The Balaban J connectivity index is 1.48. The van der Waals surface area contributed by atoms with E-state index in [1.165, 1.54) is 24.3 Å². The van der Waals surface area contributed by atoms with Crippen LogP contribution in [0, 0.1) is 5.82 Å². The first-order valence-corrected chi connectivity index (χ1v) is 9.72. The average Bonchev–Trinajstić information content (AvgIpc) is 2.76. The molecule has 30 heavy (non-hydrogen) atoms. The van der Waals surface area contributed by atoms with Crippen molar-refractivity contribution in [3.63, 3.8) is 0 Å². The Hall–Kier alpha value is -3.10. The van der Waals surface area contributed by atoms with Gasteiger partial charge in [0.15, 0.2) is 0 Å². The number of halogens is 1. The van der Waals surface area contributed by atoms with Crippen molar-refractivity contribution < 1.29 is 23.8 Å². The van der Waals surface area contributed by atoms with Gasteiger partial charge in [-0.3, -0.25) is 14.6 Å². The zero-order valence-corrected chi connectivity index (χ0v) is 16.3. The number of hydrogen-bond acceptors (Lipinski definition) is 5. The summed E-state index contributed by atoms with van der Waals surface area (Å²) in [6.45, 7) is 0.179. The molecule has 0 fully saturated rings. The quantitative estimate of drug-likeness (QED) is 0.568. The summed E-state index contributed by atoms with van der Waals surface area (Å²) >= 11 is 0. The van der Waals surface area contributed by atoms with Gasteiger partial charge in [0.05, 0.1) is 25.2 Å². The van der Waals surface area contributed by atoms with Gasteiger partial charge in [-0.05, 0) is 48.4 Å². The number of pyridine rings is 1. The van der Waals surface area contributed by atoms with Crippen LogP contribution in [0.5, 0.6) is 0 Å². The van der Waals surface area contributed by atoms with Gasteiger partial charge in [0, 0.05) is 24.5 Å². The molecule has 0 saturated heterocycles. The second-order valence-corrected chi connectivity index (χ2v) is 6.95. The minimum atomic E-state index is -0.686. The van der Waals surface area contributed by atoms with Crippen LogP contribution in [0.15, 0.2) is 60.9 Å². The molecule has 2 heterocycles. The number of ether oxygens (including phenoxy) is 1. The summed E-state index contributed by atoms with van der Waals surface area (Å²) in [7, 11) is 0. The third-order valence-electron chi connectivity index (χ3n) is 4.74. The molecule has 1 aromatic carbocycles. The van der Waals surface area contributed by atoms with E-state index in [4.69, 9.17) is 4.74 Å². The first-order valence-electron chi connectivity index (χ1n) is 9.72. The van der Waals surface area contributed by atoms with E-state index in [1.54, 1.807) is 24.5 Å². The molecule has 0 unspecified atom stereocenters. The first kappa shape index (κ1) is 21.6. The Labute approximate surface area is 174 Å². The lowest BCUT2D eigenvalue weighted by molar-refractivity contribution is -0.125. The summed E-state index contributed by atoms with van der Waals surface area (Å²) in [6.07, 6.45) is 6.45. The number of benzene rings is 1. The van der Waals surface area contributed by atoms with Crippen molar-refractivity contribution >= 4 is 11.8 Å². The van der Waals surface area contributed by atoms with Crippen LogP contribution in [0.2, 0.25) is 0 Å². The van der Waals surface area contributed by atoms with E-state index >= 15 is 0 Å². The summed E-state index contributed by atoms with van der Waals surface area (Å²) in [5.41, 5.74) is 1.39. The van der Waals surface area contributed by atoms with Crippen molar-refractivity contribution in [3.05, 3.63) is 77.9 Å². The van der Waals surface area contributed by atoms with Crippen LogP contribution >= 0.6 is 0 Å². The number of aromatic nitrogens is 1. The number of carbonyl (C=O) groups is 2. The molecule has 0 radical (unpaired) electrons. The maximum atomic E-state index is 13.0. The molecule has 1 aliphatic rings. The van der Waals surface area contributed by atoms with Crippen molar-refractivity contribution in [2.75, 3.05) is 13.2 Å². The van der Waals surface area contributed by atoms with Crippen LogP contribution < -0.4 is 10.6 Å². The Morgan fingerprint density at radius 1 is 1.10 bits per heavy atom. The third kappa shape index (κ3) is 6.20. The van der Waals surface area contributed by atoms with Gasteiger partial charge in [-0.25, -0.2) is 4.39 Å². The predicted octanol–water partition coefficient (Wildman–Crippen LogP) is 1.38. The summed E-state index contributed by atoms with van der Waals surface area (Å²) in [6, 6.07) is 8.40. The molecule has 0 spiro atoms. The summed E-state index contributed by atoms with van der Waals surface area (Å²) in [5, 5.41) is 15.2. The minimum absolute atomic E-state index is 0.113. The SMILES string of the molecule is O=C(C[C@H]1C=C[C@H](NC(=O)c2ccc(F)cc2)[C@@H](CO)O1)NCCc1ccncc1. The minimum Gasteiger partial charge on any atom is -0.394 e. The average molecular weight is 413 g/mol. The smallest absolute Gasteiger partial charge is 0.251 e. The van der Waals surface area contributed by atoms with Crippen molar-refractivity contribution in [2.24, 2.45) is 0 Å². The molecular formula is C22H24FN3O4. The van der Waals surface area contributed by atoms with Crippen molar-refractivity contribution in [2.45, 2.75) is 31.1 Å². The van der Waals surface area contributed by atoms with Gasteiger partial charge >= 0.3 is 0 Å². The Morgan fingerprint density at radius 2 is 1.83 bits per heavy atom. The second kappa shape index (κ2) is 10.6. The van der Waals surface area contributed by atoms with E-state index in [-0.39, 0.29) is 18.9 Å². The molecule has 158 valence electrons. The van der Waals surface area contributed by atoms with Crippen LogP contribution in [-0.4, -0.2) is 53.3 Å². The molecule has 0 bridgehead atoms. The van der Waals surface area contributed by atoms with E-state index in [2.05, 4.69) is 15.6 Å². The lowest BCUT2D eigenvalue weighted by Crippen LogP contribution is -2.49. The van der Waals surface area contributed by atoms with Crippen LogP contribution in [0.4, 0.5) is 4.39 Å². The highest BCUT2D eigenvalue weighted by Crippen LogP contribution is 2.16. The van der Waals surface area contributed by atoms with Crippen molar-refractivity contribution in [1.29, 1.82) is 0 Å². The first-order chi connectivity index (χ1) is 14.5. The monoisotopic (exact) mass is 413 g/mol. The summed E-state index contributed by atoms with van der Waals surface area (Å²) in [5.74, 6) is -0.995. The highest BCUT2D eigenvalue weighted by atomic mass is 19.1. The number of aliphatic hydroxyl groups is 1. The summed E-state index contributed by atoms with van der Waals surface area (Å²) < 4.78 is 18.8. The van der Waals surface area contributed by atoms with Gasteiger partial charge < -0.3 is 20.5 Å². The Morgan fingerprint density at radius 3 is 2.53 bits per heavy atom. The molecule has 0 aliphatic carbocycles. The van der Waals surface area contributed by atoms with E-state index in [1.807, 2.05) is 12.1 Å². The number of carbonyl (C=O) groups excluding carboxylic acids is 2. The Kier molecular flexibility index (Phi) is 7.64. The fraction of sp³-hybridized carbons (Fsp3) is 0.318. The highest BCUT2D eigenvalue weighted by molar-refractivity contribution is 5.94. The van der Waals surface area contributed by atoms with Crippen molar-refractivity contribution in [1.82, 2.24) is 15.6 Å². The Bertz CT molecular complexity index is 874. The summed E-state index contributed by atoms with van der Waals surface area (Å²) in [4.78, 5) is 28.4. The molecule has 2 aromatic rings.